The lowest BCUT2D eigenvalue weighted by Crippen LogP contribution is -2.27. The molecule has 2 rings (SSSR count). The summed E-state index contributed by atoms with van der Waals surface area (Å²) in [5, 5.41) is 11.8. The molecule has 0 radical (unpaired) electrons. The molecule has 136 valence electrons. The Labute approximate surface area is 147 Å². The third kappa shape index (κ3) is 4.73. The van der Waals surface area contributed by atoms with Crippen LogP contribution in [0.5, 0.6) is 0 Å². The summed E-state index contributed by atoms with van der Waals surface area (Å²) in [6, 6.07) is 7.90. The highest BCUT2D eigenvalue weighted by Crippen LogP contribution is 2.48. The zero-order valence-electron chi connectivity index (χ0n) is 13.9. The van der Waals surface area contributed by atoms with Crippen molar-refractivity contribution in [3.05, 3.63) is 40.1 Å². The number of rotatable bonds is 3. The maximum Gasteiger partial charge on any atom is 0.426 e. The first-order valence-electron chi connectivity index (χ1n) is 7.42. The minimum Gasteiger partial charge on any atom is -0.444 e. The fourth-order valence-corrected chi connectivity index (χ4v) is 3.21. The highest BCUT2D eigenvalue weighted by molar-refractivity contribution is 7.13. The molecule has 0 aliphatic heterocycles. The molecule has 1 amide bonds. The summed E-state index contributed by atoms with van der Waals surface area (Å²) in [5.74, 6) is 0. The molecule has 1 aromatic heterocycles. The predicted molar refractivity (Wildman–Crippen MR) is 90.5 cm³/mol. The number of alkyl halides is 3. The highest BCUT2D eigenvalue weighted by atomic mass is 32.1. The lowest BCUT2D eigenvalue weighted by molar-refractivity contribution is -0.133. The maximum absolute atomic E-state index is 13.5. The van der Waals surface area contributed by atoms with Crippen LogP contribution in [0, 0.1) is 0 Å². The number of carbonyl (C=O) groups is 1. The summed E-state index contributed by atoms with van der Waals surface area (Å²) in [6.07, 6.45) is -5.50. The molecule has 1 heterocycles. The van der Waals surface area contributed by atoms with Crippen LogP contribution in [0.2, 0.25) is 0 Å². The van der Waals surface area contributed by atoms with Crippen molar-refractivity contribution in [3.8, 4) is 11.1 Å². The molecule has 8 heteroatoms. The van der Waals surface area contributed by atoms with Gasteiger partial charge in [0.2, 0.25) is 0 Å². The van der Waals surface area contributed by atoms with Crippen molar-refractivity contribution in [2.45, 2.75) is 39.2 Å². The van der Waals surface area contributed by atoms with Gasteiger partial charge in [-0.2, -0.15) is 13.2 Å². The molecule has 0 bridgehead atoms. The van der Waals surface area contributed by atoms with Crippen molar-refractivity contribution in [2.24, 2.45) is 0 Å². The number of anilines is 1. The minimum atomic E-state index is -4.62. The molecule has 1 aromatic carbocycles. The van der Waals surface area contributed by atoms with Crippen LogP contribution in [-0.2, 0) is 17.5 Å². The number of hydrogen-bond donors (Lipinski definition) is 2. The number of aliphatic hydroxyl groups excluding tert-OH is 1. The van der Waals surface area contributed by atoms with E-state index in [9.17, 15) is 23.1 Å². The van der Waals surface area contributed by atoms with Crippen molar-refractivity contribution < 1.29 is 27.8 Å². The van der Waals surface area contributed by atoms with Crippen LogP contribution < -0.4 is 5.32 Å². The third-order valence-electron chi connectivity index (χ3n) is 3.07. The summed E-state index contributed by atoms with van der Waals surface area (Å²) in [7, 11) is 0. The van der Waals surface area contributed by atoms with Gasteiger partial charge in [0.25, 0.3) is 0 Å². The van der Waals surface area contributed by atoms with E-state index in [-0.39, 0.29) is 21.7 Å². The SMILES string of the molecule is CC(C)(C)OC(=O)Nc1c(CO)sc(C(F)(F)F)c1-c1ccccc1. The predicted octanol–water partition coefficient (Wildman–Crippen LogP) is 5.27. The smallest absolute Gasteiger partial charge is 0.426 e. The summed E-state index contributed by atoms with van der Waals surface area (Å²) in [5.41, 5.74) is -0.774. The monoisotopic (exact) mass is 373 g/mol. The number of halogens is 3. The Balaban J connectivity index is 2.57. The standard InChI is InChI=1S/C17H18F3NO3S/c1-16(2,3)24-15(23)21-13-11(9-22)25-14(17(18,19)20)12(13)10-7-5-4-6-8-10/h4-8,22H,9H2,1-3H3,(H,21,23). The second kappa shape index (κ2) is 7.05. The Kier molecular flexibility index (Phi) is 5.43. The summed E-state index contributed by atoms with van der Waals surface area (Å²) in [4.78, 5) is 11.2. The van der Waals surface area contributed by atoms with Crippen molar-refractivity contribution in [2.75, 3.05) is 5.32 Å². The first-order chi connectivity index (χ1) is 11.5. The Morgan fingerprint density at radius 1 is 1.20 bits per heavy atom. The Bertz CT molecular complexity index is 749. The average molecular weight is 373 g/mol. The highest BCUT2D eigenvalue weighted by Gasteiger charge is 2.39. The van der Waals surface area contributed by atoms with E-state index in [1.807, 2.05) is 0 Å². The Morgan fingerprint density at radius 2 is 1.80 bits per heavy atom. The Hall–Kier alpha value is -2.06. The van der Waals surface area contributed by atoms with Gasteiger partial charge < -0.3 is 9.84 Å². The fraction of sp³-hybridized carbons (Fsp3) is 0.353. The number of amides is 1. The van der Waals surface area contributed by atoms with Gasteiger partial charge in [0, 0.05) is 5.56 Å². The quantitative estimate of drug-likeness (QED) is 0.770. The molecule has 2 aromatic rings. The summed E-state index contributed by atoms with van der Waals surface area (Å²) in [6.45, 7) is 4.30. The van der Waals surface area contributed by atoms with Gasteiger partial charge in [0.15, 0.2) is 0 Å². The lowest BCUT2D eigenvalue weighted by atomic mass is 10.0. The number of hydrogen-bond acceptors (Lipinski definition) is 4. The number of benzene rings is 1. The normalized spacial score (nSPS) is 12.1. The number of nitrogens with one attached hydrogen (secondary N) is 1. The van der Waals surface area contributed by atoms with Crippen LogP contribution in [0.4, 0.5) is 23.7 Å². The first-order valence-corrected chi connectivity index (χ1v) is 8.23. The minimum absolute atomic E-state index is 0.0111. The number of carbonyl (C=O) groups excluding carboxylic acids is 1. The van der Waals surface area contributed by atoms with Crippen LogP contribution in [0.3, 0.4) is 0 Å². The van der Waals surface area contributed by atoms with E-state index in [1.54, 1.807) is 39.0 Å². The summed E-state index contributed by atoms with van der Waals surface area (Å²) < 4.78 is 45.5. The molecule has 0 spiro atoms. The lowest BCUT2D eigenvalue weighted by Gasteiger charge is -2.20. The number of aliphatic hydroxyl groups is 1. The van der Waals surface area contributed by atoms with Crippen LogP contribution in [0.1, 0.15) is 30.5 Å². The molecule has 0 saturated heterocycles. The molecule has 4 nitrogen and oxygen atoms in total. The van der Waals surface area contributed by atoms with Crippen LogP contribution >= 0.6 is 11.3 Å². The zero-order valence-corrected chi connectivity index (χ0v) is 14.7. The van der Waals surface area contributed by atoms with Gasteiger partial charge in [-0.1, -0.05) is 30.3 Å². The van der Waals surface area contributed by atoms with Gasteiger partial charge in [-0.3, -0.25) is 5.32 Å². The molecule has 2 N–H and O–H groups in total. The Morgan fingerprint density at radius 3 is 2.28 bits per heavy atom. The molecule has 25 heavy (non-hydrogen) atoms. The second-order valence-corrected chi connectivity index (χ2v) is 7.36. The molecule has 0 unspecified atom stereocenters. The maximum atomic E-state index is 13.5. The van der Waals surface area contributed by atoms with Crippen molar-refractivity contribution >= 4 is 23.1 Å². The molecular weight excluding hydrogens is 355 g/mol. The van der Waals surface area contributed by atoms with E-state index < -0.39 is 29.4 Å². The van der Waals surface area contributed by atoms with Crippen LogP contribution in [0.15, 0.2) is 30.3 Å². The van der Waals surface area contributed by atoms with E-state index in [4.69, 9.17) is 4.74 Å². The van der Waals surface area contributed by atoms with Crippen LogP contribution in [-0.4, -0.2) is 16.8 Å². The third-order valence-corrected chi connectivity index (χ3v) is 4.29. The van der Waals surface area contributed by atoms with E-state index in [0.29, 0.717) is 11.3 Å². The second-order valence-electron chi connectivity index (χ2n) is 6.25. The molecular formula is C17H18F3NO3S. The van der Waals surface area contributed by atoms with Gasteiger partial charge >= 0.3 is 12.3 Å². The molecule has 0 saturated carbocycles. The van der Waals surface area contributed by atoms with Gasteiger partial charge in [0.05, 0.1) is 17.2 Å². The topological polar surface area (TPSA) is 58.6 Å². The molecule has 0 fully saturated rings. The van der Waals surface area contributed by atoms with E-state index in [1.165, 1.54) is 12.1 Å². The largest absolute Gasteiger partial charge is 0.444 e. The van der Waals surface area contributed by atoms with E-state index in [0.717, 1.165) is 0 Å². The number of ether oxygens (including phenoxy) is 1. The van der Waals surface area contributed by atoms with E-state index in [2.05, 4.69) is 5.32 Å². The molecule has 0 aliphatic rings. The zero-order chi connectivity index (χ0) is 18.8. The van der Waals surface area contributed by atoms with Gasteiger partial charge in [-0.15, -0.1) is 11.3 Å². The van der Waals surface area contributed by atoms with Crippen molar-refractivity contribution in [3.63, 3.8) is 0 Å². The van der Waals surface area contributed by atoms with Crippen LogP contribution in [0.25, 0.3) is 11.1 Å². The fourth-order valence-electron chi connectivity index (χ4n) is 2.21. The van der Waals surface area contributed by atoms with Crippen molar-refractivity contribution in [1.82, 2.24) is 0 Å². The number of thiophene rings is 1. The van der Waals surface area contributed by atoms with Crippen molar-refractivity contribution in [1.29, 1.82) is 0 Å². The summed E-state index contributed by atoms with van der Waals surface area (Å²) >= 11 is 0.403. The van der Waals surface area contributed by atoms with Gasteiger partial charge in [0.1, 0.15) is 10.5 Å². The van der Waals surface area contributed by atoms with Gasteiger partial charge in [-0.05, 0) is 26.3 Å². The first kappa shape index (κ1) is 19.3. The molecule has 0 aliphatic carbocycles. The van der Waals surface area contributed by atoms with Gasteiger partial charge in [-0.25, -0.2) is 4.79 Å². The van der Waals surface area contributed by atoms with E-state index >= 15 is 0 Å². The average Bonchev–Trinajstić information content (AvgIpc) is 2.84. The molecule has 0 atom stereocenters.